The molecule has 0 aliphatic rings. The van der Waals surface area contributed by atoms with Crippen LogP contribution in [0.15, 0.2) is 69.6 Å². The molecule has 28 heavy (non-hydrogen) atoms. The SMILES string of the molecule is CC[C@@H](C)c1ccc(OCC(=O)NCc2ccc(-c3ccc(Br)cc3)o2)cc1. The molecular formula is C23H24BrNO3. The molecular weight excluding hydrogens is 418 g/mol. The largest absolute Gasteiger partial charge is 0.484 e. The Morgan fingerprint density at radius 3 is 2.46 bits per heavy atom. The van der Waals surface area contributed by atoms with E-state index in [-0.39, 0.29) is 12.5 Å². The molecule has 4 nitrogen and oxygen atoms in total. The molecule has 1 amide bonds. The molecule has 1 aromatic heterocycles. The minimum atomic E-state index is -0.187. The fourth-order valence-corrected chi connectivity index (χ4v) is 3.02. The first-order valence-corrected chi connectivity index (χ1v) is 10.2. The first-order chi connectivity index (χ1) is 13.5. The Kier molecular flexibility index (Phi) is 6.93. The van der Waals surface area contributed by atoms with Crippen LogP contribution < -0.4 is 10.1 Å². The summed E-state index contributed by atoms with van der Waals surface area (Å²) in [5, 5.41) is 2.82. The van der Waals surface area contributed by atoms with Crippen LogP contribution in [0.2, 0.25) is 0 Å². The molecule has 0 saturated heterocycles. The van der Waals surface area contributed by atoms with Crippen molar-refractivity contribution in [3.8, 4) is 17.1 Å². The van der Waals surface area contributed by atoms with Crippen molar-refractivity contribution in [2.75, 3.05) is 6.61 Å². The average Bonchev–Trinajstić information content (AvgIpc) is 3.20. The van der Waals surface area contributed by atoms with Gasteiger partial charge in [-0.3, -0.25) is 4.79 Å². The highest BCUT2D eigenvalue weighted by Gasteiger charge is 2.08. The van der Waals surface area contributed by atoms with Gasteiger partial charge < -0.3 is 14.5 Å². The lowest BCUT2D eigenvalue weighted by Crippen LogP contribution is -2.28. The first kappa shape index (κ1) is 20.2. The fraction of sp³-hybridized carbons (Fsp3) is 0.261. The van der Waals surface area contributed by atoms with E-state index in [1.165, 1.54) is 5.56 Å². The summed E-state index contributed by atoms with van der Waals surface area (Å²) in [6.07, 6.45) is 1.10. The van der Waals surface area contributed by atoms with Gasteiger partial charge in [0.2, 0.25) is 0 Å². The van der Waals surface area contributed by atoms with Crippen molar-refractivity contribution in [2.45, 2.75) is 32.7 Å². The number of hydrogen-bond acceptors (Lipinski definition) is 3. The van der Waals surface area contributed by atoms with E-state index in [1.807, 2.05) is 60.7 Å². The van der Waals surface area contributed by atoms with Gasteiger partial charge in [0.05, 0.1) is 6.54 Å². The summed E-state index contributed by atoms with van der Waals surface area (Å²) in [5.41, 5.74) is 2.27. The van der Waals surface area contributed by atoms with Gasteiger partial charge in [-0.1, -0.05) is 54.0 Å². The lowest BCUT2D eigenvalue weighted by Gasteiger charge is -2.10. The summed E-state index contributed by atoms with van der Waals surface area (Å²) in [5.74, 6) is 2.50. The average molecular weight is 442 g/mol. The number of hydrogen-bond donors (Lipinski definition) is 1. The molecule has 1 atom stereocenters. The summed E-state index contributed by atoms with van der Waals surface area (Å²) < 4.78 is 12.4. The third-order valence-corrected chi connectivity index (χ3v) is 5.21. The Hall–Kier alpha value is -2.53. The second-order valence-corrected chi connectivity index (χ2v) is 7.63. The van der Waals surface area contributed by atoms with Gasteiger partial charge in [0.15, 0.2) is 6.61 Å². The number of benzene rings is 2. The van der Waals surface area contributed by atoms with Crippen LogP contribution in [0.1, 0.15) is 37.5 Å². The minimum absolute atomic E-state index is 0.0248. The zero-order valence-electron chi connectivity index (χ0n) is 16.1. The maximum Gasteiger partial charge on any atom is 0.258 e. The van der Waals surface area contributed by atoms with E-state index >= 15 is 0 Å². The molecule has 0 fully saturated rings. The molecule has 0 bridgehead atoms. The smallest absolute Gasteiger partial charge is 0.258 e. The van der Waals surface area contributed by atoms with Crippen LogP contribution in [0.4, 0.5) is 0 Å². The number of amides is 1. The predicted molar refractivity (Wildman–Crippen MR) is 114 cm³/mol. The normalized spacial score (nSPS) is 11.8. The van der Waals surface area contributed by atoms with Crippen molar-refractivity contribution in [2.24, 2.45) is 0 Å². The van der Waals surface area contributed by atoms with E-state index in [9.17, 15) is 4.79 Å². The summed E-state index contributed by atoms with van der Waals surface area (Å²) in [7, 11) is 0. The highest BCUT2D eigenvalue weighted by Crippen LogP contribution is 2.24. The number of nitrogens with one attached hydrogen (secondary N) is 1. The van der Waals surface area contributed by atoms with Crippen LogP contribution >= 0.6 is 15.9 Å². The second-order valence-electron chi connectivity index (χ2n) is 6.72. The summed E-state index contributed by atoms with van der Waals surface area (Å²) in [6.45, 7) is 4.66. The van der Waals surface area contributed by atoms with Crippen molar-refractivity contribution in [1.29, 1.82) is 0 Å². The molecule has 2 aromatic carbocycles. The maximum atomic E-state index is 12.0. The van der Waals surface area contributed by atoms with Crippen molar-refractivity contribution >= 4 is 21.8 Å². The number of halogens is 1. The number of ether oxygens (including phenoxy) is 1. The summed E-state index contributed by atoms with van der Waals surface area (Å²) >= 11 is 3.42. The molecule has 0 saturated carbocycles. The van der Waals surface area contributed by atoms with Gasteiger partial charge in [0.25, 0.3) is 5.91 Å². The summed E-state index contributed by atoms with van der Waals surface area (Å²) in [6, 6.07) is 19.6. The molecule has 1 heterocycles. The van der Waals surface area contributed by atoms with E-state index in [1.54, 1.807) is 0 Å². The minimum Gasteiger partial charge on any atom is -0.484 e. The van der Waals surface area contributed by atoms with Gasteiger partial charge in [-0.05, 0) is 54.3 Å². The van der Waals surface area contributed by atoms with E-state index in [0.717, 1.165) is 22.2 Å². The zero-order valence-corrected chi connectivity index (χ0v) is 17.7. The van der Waals surface area contributed by atoms with E-state index in [0.29, 0.717) is 24.0 Å². The third-order valence-electron chi connectivity index (χ3n) is 4.68. The standard InChI is InChI=1S/C23H24BrNO3/c1-3-16(2)17-6-10-20(11-7-17)27-15-23(26)25-14-21-12-13-22(28-21)18-4-8-19(24)9-5-18/h4-13,16H,3,14-15H2,1-2H3,(H,25,26)/t16-/m1/s1. The number of carbonyl (C=O) groups is 1. The molecule has 0 radical (unpaired) electrons. The van der Waals surface area contributed by atoms with Crippen molar-refractivity contribution < 1.29 is 13.9 Å². The van der Waals surface area contributed by atoms with Gasteiger partial charge >= 0.3 is 0 Å². The molecule has 146 valence electrons. The molecule has 0 aliphatic heterocycles. The van der Waals surface area contributed by atoms with Crippen LogP contribution in [-0.2, 0) is 11.3 Å². The molecule has 0 spiro atoms. The lowest BCUT2D eigenvalue weighted by atomic mass is 9.99. The van der Waals surface area contributed by atoms with E-state index in [4.69, 9.17) is 9.15 Å². The first-order valence-electron chi connectivity index (χ1n) is 9.39. The van der Waals surface area contributed by atoms with Crippen LogP contribution in [0, 0.1) is 0 Å². The fourth-order valence-electron chi connectivity index (χ4n) is 2.76. The van der Waals surface area contributed by atoms with Gasteiger partial charge in [-0.2, -0.15) is 0 Å². The van der Waals surface area contributed by atoms with Crippen molar-refractivity contribution in [3.63, 3.8) is 0 Å². The maximum absolute atomic E-state index is 12.0. The number of carbonyl (C=O) groups excluding carboxylic acids is 1. The van der Waals surface area contributed by atoms with E-state index in [2.05, 4.69) is 35.1 Å². The monoisotopic (exact) mass is 441 g/mol. The second kappa shape index (κ2) is 9.60. The van der Waals surface area contributed by atoms with Crippen molar-refractivity contribution in [1.82, 2.24) is 5.32 Å². The van der Waals surface area contributed by atoms with Crippen molar-refractivity contribution in [3.05, 3.63) is 76.5 Å². The van der Waals surface area contributed by atoms with Crippen LogP contribution in [-0.4, -0.2) is 12.5 Å². The molecule has 1 N–H and O–H groups in total. The molecule has 5 heteroatoms. The van der Waals surface area contributed by atoms with Gasteiger partial charge in [0, 0.05) is 10.0 Å². The van der Waals surface area contributed by atoms with Gasteiger partial charge in [0.1, 0.15) is 17.3 Å². The molecule has 0 aliphatic carbocycles. The molecule has 0 unspecified atom stereocenters. The van der Waals surface area contributed by atoms with Crippen LogP contribution in [0.5, 0.6) is 5.75 Å². The topological polar surface area (TPSA) is 51.5 Å². The Balaban J connectivity index is 1.46. The van der Waals surface area contributed by atoms with E-state index < -0.39 is 0 Å². The third kappa shape index (κ3) is 5.49. The predicted octanol–water partition coefficient (Wildman–Crippen LogP) is 5.92. The molecule has 3 rings (SSSR count). The highest BCUT2D eigenvalue weighted by atomic mass is 79.9. The molecule has 3 aromatic rings. The van der Waals surface area contributed by atoms with Crippen LogP contribution in [0.3, 0.4) is 0 Å². The quantitative estimate of drug-likeness (QED) is 0.471. The van der Waals surface area contributed by atoms with Gasteiger partial charge in [-0.25, -0.2) is 0 Å². The van der Waals surface area contributed by atoms with Gasteiger partial charge in [-0.15, -0.1) is 0 Å². The Labute approximate surface area is 174 Å². The Morgan fingerprint density at radius 2 is 1.79 bits per heavy atom. The lowest BCUT2D eigenvalue weighted by molar-refractivity contribution is -0.123. The number of rotatable bonds is 8. The summed E-state index contributed by atoms with van der Waals surface area (Å²) in [4.78, 5) is 12.0. The van der Waals surface area contributed by atoms with Crippen LogP contribution in [0.25, 0.3) is 11.3 Å². The Morgan fingerprint density at radius 1 is 1.07 bits per heavy atom. The number of furan rings is 1. The highest BCUT2D eigenvalue weighted by molar-refractivity contribution is 9.10. The Bertz CT molecular complexity index is 900. The zero-order chi connectivity index (χ0) is 19.9.